The fourth-order valence-corrected chi connectivity index (χ4v) is 3.07. The molecule has 0 radical (unpaired) electrons. The molecule has 2 N–H and O–H groups in total. The van der Waals surface area contributed by atoms with Crippen LogP contribution in [0.25, 0.3) is 0 Å². The lowest BCUT2D eigenvalue weighted by Gasteiger charge is -2.24. The summed E-state index contributed by atoms with van der Waals surface area (Å²) in [6, 6.07) is 2.10. The Kier molecular flexibility index (Phi) is 6.69. The van der Waals surface area contributed by atoms with Crippen molar-refractivity contribution < 1.29 is 0 Å². The summed E-state index contributed by atoms with van der Waals surface area (Å²) in [5.74, 6) is 1.24. The topological polar surface area (TPSA) is 24.1 Å². The molecule has 1 rings (SSSR count). The Hall–Kier alpha value is 0.270. The van der Waals surface area contributed by atoms with Crippen molar-refractivity contribution in [3.8, 4) is 0 Å². The van der Waals surface area contributed by atoms with E-state index in [1.165, 1.54) is 38.0 Å². The highest BCUT2D eigenvalue weighted by molar-refractivity contribution is 7.98. The Labute approximate surface area is 99.0 Å². The largest absolute Gasteiger partial charge is 0.314 e. The van der Waals surface area contributed by atoms with E-state index in [0.717, 1.165) is 6.04 Å². The van der Waals surface area contributed by atoms with Crippen molar-refractivity contribution in [3.05, 3.63) is 0 Å². The highest BCUT2D eigenvalue weighted by Gasteiger charge is 2.18. The van der Waals surface area contributed by atoms with Gasteiger partial charge in [0.15, 0.2) is 0 Å². The minimum Gasteiger partial charge on any atom is -0.314 e. The Bertz CT molecular complexity index is 158. The summed E-state index contributed by atoms with van der Waals surface area (Å²) >= 11 is 1.94. The molecule has 15 heavy (non-hydrogen) atoms. The maximum Gasteiger partial charge on any atom is 0.0157 e. The van der Waals surface area contributed by atoms with Gasteiger partial charge in [0.1, 0.15) is 0 Å². The Morgan fingerprint density at radius 2 is 2.33 bits per heavy atom. The normalized spacial score (nSPS) is 25.4. The predicted octanol–water partition coefficient (Wildman–Crippen LogP) is 2.25. The van der Waals surface area contributed by atoms with Gasteiger partial charge in [-0.3, -0.25) is 0 Å². The summed E-state index contributed by atoms with van der Waals surface area (Å²) in [7, 11) is 0. The number of nitrogens with one attached hydrogen (secondary N) is 2. The zero-order valence-electron chi connectivity index (χ0n) is 10.4. The van der Waals surface area contributed by atoms with Crippen molar-refractivity contribution in [2.75, 3.05) is 18.6 Å². The van der Waals surface area contributed by atoms with E-state index in [1.807, 2.05) is 11.8 Å². The van der Waals surface area contributed by atoms with Gasteiger partial charge in [0.2, 0.25) is 0 Å². The van der Waals surface area contributed by atoms with E-state index in [9.17, 15) is 0 Å². The molecule has 0 aromatic rings. The molecule has 0 amide bonds. The first kappa shape index (κ1) is 13.3. The SMILES string of the molecule is CCC(CSC)NC(C)CC1CCCN1. The van der Waals surface area contributed by atoms with Gasteiger partial charge in [0.05, 0.1) is 0 Å². The Balaban J connectivity index is 2.17. The molecule has 0 aromatic heterocycles. The van der Waals surface area contributed by atoms with Crippen molar-refractivity contribution in [1.82, 2.24) is 10.6 Å². The van der Waals surface area contributed by atoms with Crippen LogP contribution in [-0.2, 0) is 0 Å². The molecule has 0 spiro atoms. The van der Waals surface area contributed by atoms with Crippen molar-refractivity contribution in [3.63, 3.8) is 0 Å². The molecule has 3 atom stereocenters. The van der Waals surface area contributed by atoms with E-state index in [2.05, 4.69) is 30.7 Å². The minimum absolute atomic E-state index is 0.651. The van der Waals surface area contributed by atoms with Gasteiger partial charge in [0.25, 0.3) is 0 Å². The molecule has 0 bridgehead atoms. The van der Waals surface area contributed by atoms with Crippen LogP contribution in [-0.4, -0.2) is 36.7 Å². The van der Waals surface area contributed by atoms with E-state index in [-0.39, 0.29) is 0 Å². The van der Waals surface area contributed by atoms with Gasteiger partial charge in [-0.2, -0.15) is 11.8 Å². The number of hydrogen-bond acceptors (Lipinski definition) is 3. The maximum absolute atomic E-state index is 3.73. The van der Waals surface area contributed by atoms with Crippen molar-refractivity contribution in [1.29, 1.82) is 0 Å². The van der Waals surface area contributed by atoms with E-state index in [4.69, 9.17) is 0 Å². The third kappa shape index (κ3) is 5.23. The van der Waals surface area contributed by atoms with Gasteiger partial charge in [0, 0.05) is 23.9 Å². The number of rotatable bonds is 7. The molecule has 1 heterocycles. The van der Waals surface area contributed by atoms with E-state index in [1.54, 1.807) is 0 Å². The summed E-state index contributed by atoms with van der Waals surface area (Å²) in [6.45, 7) is 5.82. The van der Waals surface area contributed by atoms with Gasteiger partial charge in [-0.1, -0.05) is 6.92 Å². The molecular weight excluding hydrogens is 204 g/mol. The van der Waals surface area contributed by atoms with Crippen molar-refractivity contribution in [2.45, 2.75) is 57.7 Å². The van der Waals surface area contributed by atoms with E-state index >= 15 is 0 Å². The summed E-state index contributed by atoms with van der Waals surface area (Å²) < 4.78 is 0. The third-order valence-corrected chi connectivity index (χ3v) is 3.92. The van der Waals surface area contributed by atoms with Gasteiger partial charge in [-0.05, 0) is 45.4 Å². The summed E-state index contributed by atoms with van der Waals surface area (Å²) in [5.41, 5.74) is 0. The van der Waals surface area contributed by atoms with Crippen LogP contribution >= 0.6 is 11.8 Å². The molecule has 2 nitrogen and oxygen atoms in total. The average Bonchev–Trinajstić information content (AvgIpc) is 2.69. The fraction of sp³-hybridized carbons (Fsp3) is 1.00. The second kappa shape index (κ2) is 7.53. The van der Waals surface area contributed by atoms with Crippen LogP contribution in [0.5, 0.6) is 0 Å². The van der Waals surface area contributed by atoms with Crippen LogP contribution in [0, 0.1) is 0 Å². The summed E-state index contributed by atoms with van der Waals surface area (Å²) in [5, 5.41) is 7.30. The molecule has 1 saturated heterocycles. The maximum atomic E-state index is 3.73. The monoisotopic (exact) mass is 230 g/mol. The first-order chi connectivity index (χ1) is 7.26. The van der Waals surface area contributed by atoms with Crippen LogP contribution in [0.4, 0.5) is 0 Å². The van der Waals surface area contributed by atoms with E-state index in [0.29, 0.717) is 12.1 Å². The number of hydrogen-bond donors (Lipinski definition) is 2. The second-order valence-corrected chi connectivity index (χ2v) is 5.57. The van der Waals surface area contributed by atoms with Gasteiger partial charge in [-0.25, -0.2) is 0 Å². The average molecular weight is 230 g/mol. The highest BCUT2D eigenvalue weighted by atomic mass is 32.2. The quantitative estimate of drug-likeness (QED) is 0.701. The first-order valence-electron chi connectivity index (χ1n) is 6.24. The minimum atomic E-state index is 0.651. The van der Waals surface area contributed by atoms with Crippen molar-refractivity contribution in [2.24, 2.45) is 0 Å². The molecule has 3 unspecified atom stereocenters. The van der Waals surface area contributed by atoms with E-state index < -0.39 is 0 Å². The van der Waals surface area contributed by atoms with Gasteiger partial charge < -0.3 is 10.6 Å². The summed E-state index contributed by atoms with van der Waals surface area (Å²) in [6.07, 6.45) is 7.44. The molecule has 3 heteroatoms. The fourth-order valence-electron chi connectivity index (χ4n) is 2.34. The molecular formula is C12H26N2S. The molecule has 1 aliphatic heterocycles. The Morgan fingerprint density at radius 3 is 2.87 bits per heavy atom. The molecule has 1 fully saturated rings. The van der Waals surface area contributed by atoms with Crippen LogP contribution in [0.3, 0.4) is 0 Å². The zero-order valence-corrected chi connectivity index (χ0v) is 11.2. The summed E-state index contributed by atoms with van der Waals surface area (Å²) in [4.78, 5) is 0. The third-order valence-electron chi connectivity index (χ3n) is 3.18. The molecule has 1 aliphatic rings. The number of thioether (sulfide) groups is 1. The zero-order chi connectivity index (χ0) is 11.1. The lowest BCUT2D eigenvalue weighted by atomic mass is 10.1. The van der Waals surface area contributed by atoms with Crippen LogP contribution in [0.2, 0.25) is 0 Å². The van der Waals surface area contributed by atoms with Crippen molar-refractivity contribution >= 4 is 11.8 Å². The Morgan fingerprint density at radius 1 is 1.53 bits per heavy atom. The van der Waals surface area contributed by atoms with Crippen LogP contribution in [0.15, 0.2) is 0 Å². The van der Waals surface area contributed by atoms with Crippen LogP contribution < -0.4 is 10.6 Å². The smallest absolute Gasteiger partial charge is 0.0157 e. The molecule has 0 aromatic carbocycles. The molecule has 0 saturated carbocycles. The lowest BCUT2D eigenvalue weighted by Crippen LogP contribution is -2.41. The molecule has 90 valence electrons. The van der Waals surface area contributed by atoms with Crippen LogP contribution in [0.1, 0.15) is 39.5 Å². The highest BCUT2D eigenvalue weighted by Crippen LogP contribution is 2.12. The standard InChI is InChI=1S/C12H26N2S/c1-4-11(9-15-3)14-10(2)8-12-6-5-7-13-12/h10-14H,4-9H2,1-3H3. The predicted molar refractivity (Wildman–Crippen MR) is 70.7 cm³/mol. The molecule has 0 aliphatic carbocycles. The first-order valence-corrected chi connectivity index (χ1v) is 7.64. The lowest BCUT2D eigenvalue weighted by molar-refractivity contribution is 0.400. The second-order valence-electron chi connectivity index (χ2n) is 4.66. The van der Waals surface area contributed by atoms with Gasteiger partial charge >= 0.3 is 0 Å². The van der Waals surface area contributed by atoms with Gasteiger partial charge in [-0.15, -0.1) is 0 Å².